The van der Waals surface area contributed by atoms with Crippen molar-refractivity contribution in [2.45, 2.75) is 26.3 Å². The summed E-state index contributed by atoms with van der Waals surface area (Å²) in [5, 5.41) is 0. The highest BCUT2D eigenvalue weighted by Gasteiger charge is 2.13. The lowest BCUT2D eigenvalue weighted by atomic mass is 10.0. The Kier molecular flexibility index (Phi) is 5.51. The van der Waals surface area contributed by atoms with E-state index in [9.17, 15) is 8.78 Å². The Morgan fingerprint density at radius 1 is 1.24 bits per heavy atom. The van der Waals surface area contributed by atoms with E-state index in [1.54, 1.807) is 0 Å². The summed E-state index contributed by atoms with van der Waals surface area (Å²) >= 11 is 0. The molecule has 1 atom stereocenters. The van der Waals surface area contributed by atoms with Crippen LogP contribution in [0.25, 0.3) is 0 Å². The van der Waals surface area contributed by atoms with E-state index in [2.05, 4.69) is 18.7 Å². The Morgan fingerprint density at radius 3 is 2.47 bits per heavy atom. The molecule has 2 nitrogen and oxygen atoms in total. The van der Waals surface area contributed by atoms with Gasteiger partial charge < -0.3 is 10.6 Å². The van der Waals surface area contributed by atoms with Gasteiger partial charge in [0.1, 0.15) is 11.6 Å². The predicted molar refractivity (Wildman–Crippen MR) is 65.7 cm³/mol. The second-order valence-corrected chi connectivity index (χ2v) is 4.09. The van der Waals surface area contributed by atoms with Crippen molar-refractivity contribution in [1.29, 1.82) is 0 Å². The fourth-order valence-electron chi connectivity index (χ4n) is 1.82. The topological polar surface area (TPSA) is 29.3 Å². The van der Waals surface area contributed by atoms with Gasteiger partial charge in [-0.05, 0) is 44.3 Å². The van der Waals surface area contributed by atoms with Crippen LogP contribution in [0.2, 0.25) is 0 Å². The summed E-state index contributed by atoms with van der Waals surface area (Å²) in [5.74, 6) is -0.877. The Hall–Kier alpha value is -1.00. The molecular formula is C13H20F2N2. The van der Waals surface area contributed by atoms with Crippen LogP contribution in [0.4, 0.5) is 8.78 Å². The molecule has 0 aliphatic heterocycles. The molecule has 1 rings (SSSR count). The van der Waals surface area contributed by atoms with E-state index in [1.807, 2.05) is 0 Å². The third kappa shape index (κ3) is 4.06. The summed E-state index contributed by atoms with van der Waals surface area (Å²) in [7, 11) is 0. The zero-order valence-corrected chi connectivity index (χ0v) is 10.4. The van der Waals surface area contributed by atoms with E-state index in [0.717, 1.165) is 31.8 Å². The van der Waals surface area contributed by atoms with Crippen LogP contribution < -0.4 is 5.73 Å². The summed E-state index contributed by atoms with van der Waals surface area (Å²) in [6, 6.07) is 2.96. The second-order valence-electron chi connectivity index (χ2n) is 4.09. The van der Waals surface area contributed by atoms with Crippen molar-refractivity contribution in [3.63, 3.8) is 0 Å². The first-order valence-corrected chi connectivity index (χ1v) is 6.01. The maximum absolute atomic E-state index is 13.4. The standard InChI is InChI=1S/C13H20F2N2/c1-3-17(4-2)8-7-13(16)11-9-10(14)5-6-12(11)15/h5-6,9,13H,3-4,7-8,16H2,1-2H3. The molecule has 0 aliphatic carbocycles. The van der Waals surface area contributed by atoms with Crippen LogP contribution in [-0.2, 0) is 0 Å². The van der Waals surface area contributed by atoms with E-state index >= 15 is 0 Å². The lowest BCUT2D eigenvalue weighted by Gasteiger charge is -2.21. The molecule has 0 heterocycles. The first-order chi connectivity index (χ1) is 8.08. The third-order valence-corrected chi connectivity index (χ3v) is 3.01. The molecule has 0 spiro atoms. The summed E-state index contributed by atoms with van der Waals surface area (Å²) in [6.07, 6.45) is 0.627. The smallest absolute Gasteiger partial charge is 0.128 e. The molecule has 4 heteroatoms. The van der Waals surface area contributed by atoms with Crippen LogP contribution in [0.15, 0.2) is 18.2 Å². The number of nitrogens with zero attached hydrogens (tertiary/aromatic N) is 1. The Balaban J connectivity index is 2.63. The van der Waals surface area contributed by atoms with Gasteiger partial charge in [-0.2, -0.15) is 0 Å². The molecule has 0 aliphatic rings. The summed E-state index contributed by atoms with van der Waals surface area (Å²) in [6.45, 7) is 6.81. The van der Waals surface area contributed by atoms with Gasteiger partial charge in [0.05, 0.1) is 0 Å². The fraction of sp³-hybridized carbons (Fsp3) is 0.538. The zero-order valence-electron chi connectivity index (χ0n) is 10.4. The predicted octanol–water partition coefficient (Wildman–Crippen LogP) is 2.70. The number of hydrogen-bond donors (Lipinski definition) is 1. The molecule has 1 aromatic carbocycles. The molecule has 0 amide bonds. The quantitative estimate of drug-likeness (QED) is 0.831. The molecule has 17 heavy (non-hydrogen) atoms. The van der Waals surface area contributed by atoms with Crippen LogP contribution >= 0.6 is 0 Å². The van der Waals surface area contributed by atoms with Crippen molar-refractivity contribution in [2.24, 2.45) is 5.73 Å². The normalized spacial score (nSPS) is 13.1. The first kappa shape index (κ1) is 14.1. The van der Waals surface area contributed by atoms with Crippen molar-refractivity contribution in [3.05, 3.63) is 35.4 Å². The van der Waals surface area contributed by atoms with Crippen LogP contribution in [0.5, 0.6) is 0 Å². The van der Waals surface area contributed by atoms with E-state index in [0.29, 0.717) is 6.42 Å². The molecule has 0 saturated heterocycles. The largest absolute Gasteiger partial charge is 0.324 e. The molecule has 96 valence electrons. The summed E-state index contributed by atoms with van der Waals surface area (Å²) < 4.78 is 26.5. The number of hydrogen-bond acceptors (Lipinski definition) is 2. The van der Waals surface area contributed by atoms with Gasteiger partial charge >= 0.3 is 0 Å². The van der Waals surface area contributed by atoms with Crippen LogP contribution in [0.3, 0.4) is 0 Å². The Labute approximate surface area is 101 Å². The molecule has 0 radical (unpaired) electrons. The summed E-state index contributed by atoms with van der Waals surface area (Å²) in [5.41, 5.74) is 6.15. The third-order valence-electron chi connectivity index (χ3n) is 3.01. The number of nitrogens with two attached hydrogens (primary N) is 1. The zero-order chi connectivity index (χ0) is 12.8. The van der Waals surface area contributed by atoms with Gasteiger partial charge in [0.15, 0.2) is 0 Å². The Morgan fingerprint density at radius 2 is 1.88 bits per heavy atom. The van der Waals surface area contributed by atoms with Gasteiger partial charge in [0.25, 0.3) is 0 Å². The minimum absolute atomic E-state index is 0.261. The molecule has 0 saturated carbocycles. The SMILES string of the molecule is CCN(CC)CCC(N)c1cc(F)ccc1F. The van der Waals surface area contributed by atoms with Gasteiger partial charge in [-0.15, -0.1) is 0 Å². The minimum atomic E-state index is -0.453. The van der Waals surface area contributed by atoms with E-state index in [-0.39, 0.29) is 5.56 Å². The van der Waals surface area contributed by atoms with Crippen molar-refractivity contribution < 1.29 is 8.78 Å². The van der Waals surface area contributed by atoms with Crippen molar-refractivity contribution >= 4 is 0 Å². The number of benzene rings is 1. The van der Waals surface area contributed by atoms with Crippen LogP contribution in [-0.4, -0.2) is 24.5 Å². The summed E-state index contributed by atoms with van der Waals surface area (Å²) in [4.78, 5) is 2.21. The van der Waals surface area contributed by atoms with Gasteiger partial charge in [-0.1, -0.05) is 13.8 Å². The highest BCUT2D eigenvalue weighted by molar-refractivity contribution is 5.21. The van der Waals surface area contributed by atoms with Crippen molar-refractivity contribution in [3.8, 4) is 0 Å². The average molecular weight is 242 g/mol. The van der Waals surface area contributed by atoms with Crippen molar-refractivity contribution in [1.82, 2.24) is 4.90 Å². The van der Waals surface area contributed by atoms with E-state index < -0.39 is 17.7 Å². The van der Waals surface area contributed by atoms with Crippen LogP contribution in [0.1, 0.15) is 31.9 Å². The number of rotatable bonds is 6. The van der Waals surface area contributed by atoms with E-state index in [1.165, 1.54) is 6.07 Å². The molecule has 1 aromatic rings. The maximum Gasteiger partial charge on any atom is 0.128 e. The molecular weight excluding hydrogens is 222 g/mol. The first-order valence-electron chi connectivity index (χ1n) is 6.01. The fourth-order valence-corrected chi connectivity index (χ4v) is 1.82. The van der Waals surface area contributed by atoms with Gasteiger partial charge in [0.2, 0.25) is 0 Å². The highest BCUT2D eigenvalue weighted by atomic mass is 19.1. The average Bonchev–Trinajstić information content (AvgIpc) is 2.33. The van der Waals surface area contributed by atoms with Gasteiger partial charge in [-0.3, -0.25) is 0 Å². The molecule has 0 fully saturated rings. The molecule has 0 bridgehead atoms. The number of halogens is 2. The van der Waals surface area contributed by atoms with Gasteiger partial charge in [-0.25, -0.2) is 8.78 Å². The molecule has 1 unspecified atom stereocenters. The van der Waals surface area contributed by atoms with Crippen LogP contribution in [0, 0.1) is 11.6 Å². The molecule has 0 aromatic heterocycles. The second kappa shape index (κ2) is 6.67. The Bertz CT molecular complexity index is 351. The highest BCUT2D eigenvalue weighted by Crippen LogP contribution is 2.19. The minimum Gasteiger partial charge on any atom is -0.324 e. The van der Waals surface area contributed by atoms with Crippen molar-refractivity contribution in [2.75, 3.05) is 19.6 Å². The maximum atomic E-state index is 13.4. The lowest BCUT2D eigenvalue weighted by Crippen LogP contribution is -2.27. The monoisotopic (exact) mass is 242 g/mol. The van der Waals surface area contributed by atoms with E-state index in [4.69, 9.17) is 5.73 Å². The lowest BCUT2D eigenvalue weighted by molar-refractivity contribution is 0.290. The molecule has 2 N–H and O–H groups in total. The van der Waals surface area contributed by atoms with Gasteiger partial charge in [0, 0.05) is 11.6 Å².